The molecule has 10 heteroatoms. The van der Waals surface area contributed by atoms with E-state index in [1.165, 1.54) is 0 Å². The van der Waals surface area contributed by atoms with Crippen LogP contribution < -0.4 is 5.32 Å². The molecule has 0 aliphatic rings. The molecular weight excluding hydrogens is 349 g/mol. The van der Waals surface area contributed by atoms with Crippen molar-refractivity contribution in [2.45, 2.75) is 26.6 Å². The Morgan fingerprint density at radius 3 is 2.58 bits per heavy atom. The lowest BCUT2D eigenvalue weighted by Crippen LogP contribution is -2.24. The number of aromatic nitrogens is 5. The molecule has 0 atom stereocenters. The van der Waals surface area contributed by atoms with Crippen molar-refractivity contribution in [2.75, 3.05) is 0 Å². The minimum atomic E-state index is -4.63. The van der Waals surface area contributed by atoms with Crippen LogP contribution in [0.3, 0.4) is 0 Å². The molecule has 1 amide bonds. The predicted molar refractivity (Wildman–Crippen MR) is 85.6 cm³/mol. The van der Waals surface area contributed by atoms with Crippen LogP contribution in [0.4, 0.5) is 13.2 Å². The van der Waals surface area contributed by atoms with Crippen molar-refractivity contribution in [1.82, 2.24) is 30.0 Å². The summed E-state index contributed by atoms with van der Waals surface area (Å²) in [7, 11) is 0. The molecule has 3 aromatic heterocycles. The number of halogens is 3. The van der Waals surface area contributed by atoms with Gasteiger partial charge in [-0.25, -0.2) is 4.98 Å². The molecule has 3 aromatic rings. The Bertz CT molecular complexity index is 929. The van der Waals surface area contributed by atoms with Gasteiger partial charge in [0.25, 0.3) is 11.7 Å². The maximum absolute atomic E-state index is 12.5. The zero-order valence-electron chi connectivity index (χ0n) is 13.9. The minimum Gasteiger partial charge on any atom is -0.345 e. The molecule has 7 nitrogen and oxygen atoms in total. The molecule has 0 bridgehead atoms. The standard InChI is InChI=1S/C16H15F3N6O/c1-9-7-12(10(2)25(9)11-3-5-20-6-4-11)14(26)21-8-13-22-15(24-23-13)16(17,18)19/h3-7H,8H2,1-2H3,(H,21,26)(H,22,23,24). The number of amides is 1. The molecule has 3 heterocycles. The summed E-state index contributed by atoms with van der Waals surface area (Å²) in [4.78, 5) is 19.7. The van der Waals surface area contributed by atoms with E-state index < -0.39 is 17.9 Å². The van der Waals surface area contributed by atoms with E-state index in [4.69, 9.17) is 0 Å². The Hall–Kier alpha value is -3.17. The third-order valence-corrected chi connectivity index (χ3v) is 3.80. The fourth-order valence-electron chi connectivity index (χ4n) is 2.64. The number of hydrogen-bond donors (Lipinski definition) is 2. The molecule has 0 radical (unpaired) electrons. The van der Waals surface area contributed by atoms with Gasteiger partial charge in [0, 0.05) is 29.5 Å². The van der Waals surface area contributed by atoms with Crippen molar-refractivity contribution in [3.05, 3.63) is 59.2 Å². The van der Waals surface area contributed by atoms with Crippen molar-refractivity contribution >= 4 is 5.91 Å². The number of nitrogens with zero attached hydrogens (tertiary/aromatic N) is 4. The van der Waals surface area contributed by atoms with Crippen LogP contribution in [0.2, 0.25) is 0 Å². The first-order valence-electron chi connectivity index (χ1n) is 7.63. The van der Waals surface area contributed by atoms with Gasteiger partial charge in [-0.15, -0.1) is 5.10 Å². The first kappa shape index (κ1) is 17.6. The second kappa shape index (κ2) is 6.62. The highest BCUT2D eigenvalue weighted by atomic mass is 19.4. The summed E-state index contributed by atoms with van der Waals surface area (Å²) in [6.07, 6.45) is -1.33. The van der Waals surface area contributed by atoms with Gasteiger partial charge >= 0.3 is 6.18 Å². The number of rotatable bonds is 4. The van der Waals surface area contributed by atoms with Crippen LogP contribution in [0.15, 0.2) is 30.6 Å². The first-order chi connectivity index (χ1) is 12.3. The van der Waals surface area contributed by atoms with Crippen molar-refractivity contribution in [1.29, 1.82) is 0 Å². The molecule has 26 heavy (non-hydrogen) atoms. The van der Waals surface area contributed by atoms with Crippen molar-refractivity contribution in [3.8, 4) is 5.69 Å². The van der Waals surface area contributed by atoms with Gasteiger partial charge in [0.2, 0.25) is 0 Å². The molecule has 3 rings (SSSR count). The summed E-state index contributed by atoms with van der Waals surface area (Å²) >= 11 is 0. The Balaban J connectivity index is 1.76. The molecule has 0 aromatic carbocycles. The number of H-pyrrole nitrogens is 1. The van der Waals surface area contributed by atoms with Crippen LogP contribution in [0.1, 0.15) is 33.4 Å². The topological polar surface area (TPSA) is 88.5 Å². The van der Waals surface area contributed by atoms with Crippen LogP contribution in [0.25, 0.3) is 5.69 Å². The van der Waals surface area contributed by atoms with Crippen LogP contribution in [-0.2, 0) is 12.7 Å². The summed E-state index contributed by atoms with van der Waals surface area (Å²) < 4.78 is 39.4. The number of nitrogens with one attached hydrogen (secondary N) is 2. The Kier molecular flexibility index (Phi) is 4.49. The summed E-state index contributed by atoms with van der Waals surface area (Å²) in [5.74, 6) is -1.76. The smallest absolute Gasteiger partial charge is 0.345 e. The van der Waals surface area contributed by atoms with E-state index >= 15 is 0 Å². The van der Waals surface area contributed by atoms with Gasteiger partial charge in [-0.1, -0.05) is 0 Å². The van der Waals surface area contributed by atoms with E-state index in [9.17, 15) is 18.0 Å². The van der Waals surface area contributed by atoms with Crippen molar-refractivity contribution < 1.29 is 18.0 Å². The summed E-state index contributed by atoms with van der Waals surface area (Å²) in [6, 6.07) is 5.34. The SMILES string of the molecule is Cc1cc(C(=O)NCc2nc(C(F)(F)F)n[nH]2)c(C)n1-c1ccncc1. The summed E-state index contributed by atoms with van der Waals surface area (Å²) in [5.41, 5.74) is 2.84. The largest absolute Gasteiger partial charge is 0.453 e. The van der Waals surface area contributed by atoms with E-state index in [2.05, 4.69) is 25.5 Å². The lowest BCUT2D eigenvalue weighted by molar-refractivity contribution is -0.144. The van der Waals surface area contributed by atoms with Gasteiger partial charge in [-0.2, -0.15) is 13.2 Å². The van der Waals surface area contributed by atoms with Gasteiger partial charge < -0.3 is 9.88 Å². The van der Waals surface area contributed by atoms with E-state index in [-0.39, 0.29) is 12.4 Å². The van der Waals surface area contributed by atoms with Gasteiger partial charge in [0.15, 0.2) is 0 Å². The van der Waals surface area contributed by atoms with Crippen molar-refractivity contribution in [3.63, 3.8) is 0 Å². The monoisotopic (exact) mass is 364 g/mol. The molecule has 0 fully saturated rings. The third kappa shape index (κ3) is 3.44. The summed E-state index contributed by atoms with van der Waals surface area (Å²) in [5, 5.41) is 7.81. The van der Waals surface area contributed by atoms with E-state index in [0.29, 0.717) is 11.3 Å². The van der Waals surface area contributed by atoms with Crippen molar-refractivity contribution in [2.24, 2.45) is 0 Å². The van der Waals surface area contributed by atoms with Crippen LogP contribution >= 0.6 is 0 Å². The highest BCUT2D eigenvalue weighted by Gasteiger charge is 2.36. The van der Waals surface area contributed by atoms with E-state index in [1.807, 2.05) is 23.6 Å². The maximum Gasteiger partial charge on any atom is 0.453 e. The zero-order valence-corrected chi connectivity index (χ0v) is 13.9. The molecule has 136 valence electrons. The number of hydrogen-bond acceptors (Lipinski definition) is 4. The second-order valence-electron chi connectivity index (χ2n) is 5.61. The lowest BCUT2D eigenvalue weighted by Gasteiger charge is -2.09. The van der Waals surface area contributed by atoms with E-state index in [1.54, 1.807) is 25.4 Å². The molecule has 0 saturated heterocycles. The molecule has 0 spiro atoms. The predicted octanol–water partition coefficient (Wildman–Crippen LogP) is 2.56. The molecule has 0 aliphatic carbocycles. The molecule has 0 saturated carbocycles. The van der Waals surface area contributed by atoms with Gasteiger partial charge in [0.1, 0.15) is 5.82 Å². The Morgan fingerprint density at radius 2 is 1.96 bits per heavy atom. The van der Waals surface area contributed by atoms with Gasteiger partial charge in [0.05, 0.1) is 12.1 Å². The quantitative estimate of drug-likeness (QED) is 0.745. The van der Waals surface area contributed by atoms with Gasteiger partial charge in [-0.3, -0.25) is 14.9 Å². The average Bonchev–Trinajstić information content (AvgIpc) is 3.18. The number of alkyl halides is 3. The molecular formula is C16H15F3N6O. The molecule has 0 unspecified atom stereocenters. The molecule has 2 N–H and O–H groups in total. The fraction of sp³-hybridized carbons (Fsp3) is 0.250. The Morgan fingerprint density at radius 1 is 1.27 bits per heavy atom. The lowest BCUT2D eigenvalue weighted by atomic mass is 10.2. The number of carbonyl (C=O) groups is 1. The zero-order chi connectivity index (χ0) is 18.9. The molecule has 0 aliphatic heterocycles. The first-order valence-corrected chi connectivity index (χ1v) is 7.63. The minimum absolute atomic E-state index is 0.0754. The van der Waals surface area contributed by atoms with E-state index in [0.717, 1.165) is 11.4 Å². The average molecular weight is 364 g/mol. The second-order valence-corrected chi connectivity index (χ2v) is 5.61. The number of aromatic amines is 1. The normalized spacial score (nSPS) is 11.6. The van der Waals surface area contributed by atoms with Crippen LogP contribution in [0.5, 0.6) is 0 Å². The summed E-state index contributed by atoms with van der Waals surface area (Å²) in [6.45, 7) is 3.45. The Labute approximate surface area is 146 Å². The van der Waals surface area contributed by atoms with Crippen LogP contribution in [-0.4, -0.2) is 30.6 Å². The maximum atomic E-state index is 12.5. The highest BCUT2D eigenvalue weighted by Crippen LogP contribution is 2.25. The number of pyridine rings is 1. The van der Waals surface area contributed by atoms with Gasteiger partial charge in [-0.05, 0) is 32.0 Å². The fourth-order valence-corrected chi connectivity index (χ4v) is 2.64. The highest BCUT2D eigenvalue weighted by molar-refractivity contribution is 5.95. The number of carbonyl (C=O) groups excluding carboxylic acids is 1. The van der Waals surface area contributed by atoms with Crippen LogP contribution in [0, 0.1) is 13.8 Å². The number of aryl methyl sites for hydroxylation is 1. The third-order valence-electron chi connectivity index (χ3n) is 3.80.